The van der Waals surface area contributed by atoms with Crippen LogP contribution in [-0.2, 0) is 9.53 Å². The van der Waals surface area contributed by atoms with Gasteiger partial charge < -0.3 is 9.84 Å². The number of allylic oxidation sites excluding steroid dienone is 2. The zero-order valence-electron chi connectivity index (χ0n) is 11.8. The molecule has 0 heterocycles. The lowest BCUT2D eigenvalue weighted by molar-refractivity contribution is -0.142. The number of aliphatic hydroxyl groups is 1. The molecular weight excluding hydrogens is 252 g/mol. The number of hydrogen-bond donors (Lipinski definition) is 1. The van der Waals surface area contributed by atoms with Crippen LogP contribution in [0.2, 0.25) is 0 Å². The normalized spacial score (nSPS) is 12.3. The monoisotopic (exact) mass is 272 g/mol. The van der Waals surface area contributed by atoms with Crippen LogP contribution in [0.25, 0.3) is 0 Å². The Morgan fingerprint density at radius 1 is 1.30 bits per heavy atom. The third-order valence-corrected chi connectivity index (χ3v) is 2.10. The van der Waals surface area contributed by atoms with Gasteiger partial charge in [0, 0.05) is 6.92 Å². The summed E-state index contributed by atoms with van der Waals surface area (Å²) in [5, 5.41) is 9.13. The summed E-state index contributed by atoms with van der Waals surface area (Å²) < 4.78 is 5.02. The number of carbonyl (C=O) groups excluding carboxylic acids is 1. The Morgan fingerprint density at radius 2 is 2.00 bits per heavy atom. The molecule has 0 aliphatic heterocycles. The van der Waals surface area contributed by atoms with E-state index in [2.05, 4.69) is 36.8 Å². The maximum Gasteiger partial charge on any atom is 0.304 e. The van der Waals surface area contributed by atoms with Crippen molar-refractivity contribution in [2.45, 2.75) is 38.4 Å². The van der Waals surface area contributed by atoms with Crippen LogP contribution in [0.4, 0.5) is 0 Å². The molecule has 2 atom stereocenters. The maximum atomic E-state index is 11.0. The number of ether oxygens (including phenoxy) is 1. The SMILES string of the molecule is C=CCCC/C=C/[C@@H](C#CC#C[C@H](O)C=C)OC(C)=O. The molecule has 0 radical (unpaired) electrons. The van der Waals surface area contributed by atoms with Crippen LogP contribution in [0.5, 0.6) is 0 Å². The highest BCUT2D eigenvalue weighted by Gasteiger charge is 2.02. The van der Waals surface area contributed by atoms with Crippen molar-refractivity contribution in [3.63, 3.8) is 0 Å². The first-order valence-electron chi connectivity index (χ1n) is 6.36. The average molecular weight is 272 g/mol. The van der Waals surface area contributed by atoms with Gasteiger partial charge in [-0.05, 0) is 43.1 Å². The first-order valence-corrected chi connectivity index (χ1v) is 6.36. The van der Waals surface area contributed by atoms with Crippen LogP contribution in [0.15, 0.2) is 37.5 Å². The number of rotatable bonds is 7. The molecule has 106 valence electrons. The fourth-order valence-electron chi connectivity index (χ4n) is 1.17. The van der Waals surface area contributed by atoms with Gasteiger partial charge in [0.15, 0.2) is 6.10 Å². The van der Waals surface area contributed by atoms with Crippen molar-refractivity contribution in [3.05, 3.63) is 37.5 Å². The van der Waals surface area contributed by atoms with Gasteiger partial charge >= 0.3 is 5.97 Å². The molecule has 0 saturated carbocycles. The van der Waals surface area contributed by atoms with Crippen LogP contribution in [0.3, 0.4) is 0 Å². The van der Waals surface area contributed by atoms with Crippen molar-refractivity contribution >= 4 is 5.97 Å². The highest BCUT2D eigenvalue weighted by Crippen LogP contribution is 2.00. The second-order valence-corrected chi connectivity index (χ2v) is 3.90. The van der Waals surface area contributed by atoms with E-state index < -0.39 is 18.2 Å². The molecule has 0 spiro atoms. The van der Waals surface area contributed by atoms with Gasteiger partial charge in [0.25, 0.3) is 0 Å². The summed E-state index contributed by atoms with van der Waals surface area (Å²) in [5.74, 6) is 9.79. The fourth-order valence-corrected chi connectivity index (χ4v) is 1.17. The Kier molecular flexibility index (Phi) is 10.5. The molecule has 0 amide bonds. The van der Waals surface area contributed by atoms with Gasteiger partial charge in [-0.25, -0.2) is 0 Å². The molecule has 0 rings (SSSR count). The average Bonchev–Trinajstić information content (AvgIpc) is 2.42. The minimum Gasteiger partial charge on any atom is -0.445 e. The largest absolute Gasteiger partial charge is 0.445 e. The Bertz CT molecular complexity index is 466. The van der Waals surface area contributed by atoms with Crippen molar-refractivity contribution in [2.75, 3.05) is 0 Å². The molecule has 0 fully saturated rings. The maximum absolute atomic E-state index is 11.0. The molecule has 0 bridgehead atoms. The summed E-state index contributed by atoms with van der Waals surface area (Å²) in [7, 11) is 0. The summed E-state index contributed by atoms with van der Waals surface area (Å²) in [6.07, 6.45) is 8.09. The number of hydrogen-bond acceptors (Lipinski definition) is 3. The number of carbonyl (C=O) groups is 1. The third-order valence-electron chi connectivity index (χ3n) is 2.10. The van der Waals surface area contributed by atoms with Gasteiger partial charge in [-0.2, -0.15) is 0 Å². The first-order chi connectivity index (χ1) is 9.60. The zero-order chi connectivity index (χ0) is 15.2. The topological polar surface area (TPSA) is 46.5 Å². The van der Waals surface area contributed by atoms with Gasteiger partial charge in [0.05, 0.1) is 0 Å². The Morgan fingerprint density at radius 3 is 2.60 bits per heavy atom. The van der Waals surface area contributed by atoms with E-state index in [1.165, 1.54) is 13.0 Å². The van der Waals surface area contributed by atoms with E-state index in [0.29, 0.717) is 0 Å². The van der Waals surface area contributed by atoms with Crippen molar-refractivity contribution in [1.82, 2.24) is 0 Å². The second-order valence-electron chi connectivity index (χ2n) is 3.90. The number of unbranched alkanes of at least 4 members (excludes halogenated alkanes) is 2. The minimum absolute atomic E-state index is 0.404. The highest BCUT2D eigenvalue weighted by atomic mass is 16.5. The van der Waals surface area contributed by atoms with Gasteiger partial charge in [-0.1, -0.05) is 30.7 Å². The summed E-state index contributed by atoms with van der Waals surface area (Å²) in [6, 6.07) is 0. The van der Waals surface area contributed by atoms with Crippen LogP contribution in [0, 0.1) is 23.7 Å². The van der Waals surface area contributed by atoms with E-state index in [0.717, 1.165) is 19.3 Å². The number of esters is 1. The molecular formula is C17H20O3. The smallest absolute Gasteiger partial charge is 0.304 e. The Hall–Kier alpha value is -2.23. The molecule has 0 unspecified atom stereocenters. The Balaban J connectivity index is 4.51. The van der Waals surface area contributed by atoms with Gasteiger partial charge in [0.1, 0.15) is 6.10 Å². The summed E-state index contributed by atoms with van der Waals surface area (Å²) >= 11 is 0. The molecule has 0 aromatic carbocycles. The van der Waals surface area contributed by atoms with Crippen molar-refractivity contribution in [1.29, 1.82) is 0 Å². The molecule has 1 N–H and O–H groups in total. The van der Waals surface area contributed by atoms with Gasteiger partial charge in [-0.15, -0.1) is 6.58 Å². The third kappa shape index (κ3) is 10.9. The van der Waals surface area contributed by atoms with E-state index >= 15 is 0 Å². The minimum atomic E-state index is -0.897. The predicted octanol–water partition coefficient (Wildman–Crippen LogP) is 2.38. The molecule has 0 aliphatic rings. The standard InChI is InChI=1S/C17H20O3/c1-4-6-7-8-9-13-17(20-15(3)18)14-11-10-12-16(19)5-2/h4-5,9,13,16-17,19H,1-2,6-8H2,3H3/b13-9+/t16-,17+/m1/s1. The van der Waals surface area contributed by atoms with Crippen LogP contribution in [-0.4, -0.2) is 23.3 Å². The van der Waals surface area contributed by atoms with Crippen molar-refractivity contribution in [3.8, 4) is 23.7 Å². The Labute approximate surface area is 121 Å². The lowest BCUT2D eigenvalue weighted by atomic mass is 10.2. The molecule has 0 aliphatic carbocycles. The lowest BCUT2D eigenvalue weighted by Crippen LogP contribution is -2.11. The summed E-state index contributed by atoms with van der Waals surface area (Å²) in [6.45, 7) is 8.36. The van der Waals surface area contributed by atoms with Gasteiger partial charge in [-0.3, -0.25) is 4.79 Å². The predicted molar refractivity (Wildman–Crippen MR) is 80.5 cm³/mol. The van der Waals surface area contributed by atoms with Gasteiger partial charge in [0.2, 0.25) is 0 Å². The van der Waals surface area contributed by atoms with E-state index in [1.54, 1.807) is 6.08 Å². The van der Waals surface area contributed by atoms with Crippen LogP contribution in [0.1, 0.15) is 26.2 Å². The molecule has 3 heteroatoms. The van der Waals surface area contributed by atoms with Crippen LogP contribution < -0.4 is 0 Å². The van der Waals surface area contributed by atoms with Crippen molar-refractivity contribution in [2.24, 2.45) is 0 Å². The fraction of sp³-hybridized carbons (Fsp3) is 0.353. The first kappa shape index (κ1) is 17.8. The molecule has 0 aromatic heterocycles. The molecule has 3 nitrogen and oxygen atoms in total. The second kappa shape index (κ2) is 11.8. The summed E-state index contributed by atoms with van der Waals surface area (Å²) in [5.41, 5.74) is 0. The van der Waals surface area contributed by atoms with E-state index in [-0.39, 0.29) is 0 Å². The highest BCUT2D eigenvalue weighted by molar-refractivity contribution is 5.66. The van der Waals surface area contributed by atoms with Crippen molar-refractivity contribution < 1.29 is 14.6 Å². The lowest BCUT2D eigenvalue weighted by Gasteiger charge is -2.04. The quantitative estimate of drug-likeness (QED) is 0.335. The van der Waals surface area contributed by atoms with E-state index in [1.807, 2.05) is 12.2 Å². The molecule has 0 saturated heterocycles. The van der Waals surface area contributed by atoms with E-state index in [9.17, 15) is 4.79 Å². The van der Waals surface area contributed by atoms with Crippen LogP contribution >= 0.6 is 0 Å². The zero-order valence-corrected chi connectivity index (χ0v) is 11.8. The summed E-state index contributed by atoms with van der Waals surface area (Å²) in [4.78, 5) is 11.0. The number of aliphatic hydroxyl groups excluding tert-OH is 1. The molecule has 0 aromatic rings. The van der Waals surface area contributed by atoms with E-state index in [4.69, 9.17) is 9.84 Å². The molecule has 20 heavy (non-hydrogen) atoms.